The molecule has 19 heavy (non-hydrogen) atoms. The molecule has 7 heteroatoms. The van der Waals surface area contributed by atoms with Crippen molar-refractivity contribution in [1.29, 1.82) is 0 Å². The van der Waals surface area contributed by atoms with Gasteiger partial charge in [0, 0.05) is 32.1 Å². The summed E-state index contributed by atoms with van der Waals surface area (Å²) in [4.78, 5) is 34.9. The number of nitrogens with one attached hydrogen (secondary N) is 2. The molecule has 1 fully saturated rings. The van der Waals surface area contributed by atoms with Gasteiger partial charge in [-0.1, -0.05) is 0 Å². The monoisotopic (exact) mass is 271 g/mol. The first-order valence-electron chi connectivity index (χ1n) is 6.56. The van der Waals surface area contributed by atoms with Gasteiger partial charge in [-0.25, -0.2) is 4.79 Å². The third kappa shape index (κ3) is 6.64. The molecule has 1 aliphatic rings. The fraction of sp³-hybridized carbons (Fsp3) is 0.750. The van der Waals surface area contributed by atoms with Crippen LogP contribution in [0.3, 0.4) is 0 Å². The van der Waals surface area contributed by atoms with Crippen LogP contribution in [-0.2, 0) is 9.59 Å². The molecular weight excluding hydrogens is 250 g/mol. The van der Waals surface area contributed by atoms with Crippen LogP contribution >= 0.6 is 0 Å². The first-order chi connectivity index (χ1) is 9.02. The van der Waals surface area contributed by atoms with E-state index in [1.807, 2.05) is 0 Å². The summed E-state index contributed by atoms with van der Waals surface area (Å²) in [5.74, 6) is -0.994. The second kappa shape index (κ2) is 7.60. The topological polar surface area (TPSA) is 98.7 Å². The molecule has 0 aromatic heterocycles. The number of rotatable bonds is 8. The minimum absolute atomic E-state index is 0.0589. The smallest absolute Gasteiger partial charge is 0.317 e. The van der Waals surface area contributed by atoms with Crippen LogP contribution in [0.25, 0.3) is 0 Å². The van der Waals surface area contributed by atoms with Gasteiger partial charge in [0.2, 0.25) is 5.91 Å². The molecule has 0 saturated heterocycles. The van der Waals surface area contributed by atoms with Crippen molar-refractivity contribution in [3.05, 3.63) is 0 Å². The second-order valence-electron chi connectivity index (χ2n) is 4.55. The maximum atomic E-state index is 11.7. The van der Waals surface area contributed by atoms with Crippen molar-refractivity contribution in [2.45, 2.75) is 38.6 Å². The number of amides is 3. The lowest BCUT2D eigenvalue weighted by molar-refractivity contribution is -0.137. The van der Waals surface area contributed by atoms with Gasteiger partial charge in [-0.05, 0) is 19.8 Å². The number of carbonyl (C=O) groups is 3. The molecule has 3 amide bonds. The number of carbonyl (C=O) groups excluding carboxylic acids is 2. The lowest BCUT2D eigenvalue weighted by Gasteiger charge is -2.20. The molecule has 0 spiro atoms. The van der Waals surface area contributed by atoms with Crippen LogP contribution in [0.2, 0.25) is 0 Å². The minimum Gasteiger partial charge on any atom is -0.481 e. The second-order valence-corrected chi connectivity index (χ2v) is 4.55. The minimum atomic E-state index is -0.935. The first kappa shape index (κ1) is 15.3. The van der Waals surface area contributed by atoms with Gasteiger partial charge in [0.05, 0.1) is 6.42 Å². The summed E-state index contributed by atoms with van der Waals surface area (Å²) in [6.07, 6.45) is 2.25. The Labute approximate surface area is 112 Å². The van der Waals surface area contributed by atoms with Gasteiger partial charge >= 0.3 is 12.0 Å². The molecule has 1 rings (SSSR count). The summed E-state index contributed by atoms with van der Waals surface area (Å²) in [6, 6.07) is -0.00567. The molecule has 108 valence electrons. The number of nitrogens with zero attached hydrogens (tertiary/aromatic N) is 1. The Kier molecular flexibility index (Phi) is 6.11. The molecule has 0 unspecified atom stereocenters. The maximum absolute atomic E-state index is 11.7. The zero-order valence-corrected chi connectivity index (χ0v) is 11.1. The van der Waals surface area contributed by atoms with Crippen LogP contribution in [0.1, 0.15) is 32.6 Å². The van der Waals surface area contributed by atoms with Crippen molar-refractivity contribution in [2.24, 2.45) is 0 Å². The van der Waals surface area contributed by atoms with Gasteiger partial charge in [-0.15, -0.1) is 0 Å². The molecule has 0 atom stereocenters. The van der Waals surface area contributed by atoms with Gasteiger partial charge in [-0.3, -0.25) is 9.59 Å². The van der Waals surface area contributed by atoms with E-state index in [9.17, 15) is 14.4 Å². The van der Waals surface area contributed by atoms with E-state index in [-0.39, 0.29) is 37.9 Å². The Morgan fingerprint density at radius 2 is 1.95 bits per heavy atom. The van der Waals surface area contributed by atoms with Crippen LogP contribution < -0.4 is 10.6 Å². The van der Waals surface area contributed by atoms with Gasteiger partial charge in [0.25, 0.3) is 0 Å². The lowest BCUT2D eigenvalue weighted by atomic mass is 10.3. The molecule has 0 aromatic carbocycles. The lowest BCUT2D eigenvalue weighted by Crippen LogP contribution is -2.42. The molecule has 0 bridgehead atoms. The summed E-state index contributed by atoms with van der Waals surface area (Å²) >= 11 is 0. The Hall–Kier alpha value is -1.79. The van der Waals surface area contributed by atoms with Crippen LogP contribution in [0.15, 0.2) is 0 Å². The third-order valence-electron chi connectivity index (χ3n) is 2.84. The highest BCUT2D eigenvalue weighted by molar-refractivity contribution is 5.79. The van der Waals surface area contributed by atoms with E-state index in [1.165, 1.54) is 4.90 Å². The molecular formula is C12H21N3O4. The fourth-order valence-corrected chi connectivity index (χ4v) is 1.56. The summed E-state index contributed by atoms with van der Waals surface area (Å²) < 4.78 is 0. The van der Waals surface area contributed by atoms with E-state index in [0.717, 1.165) is 12.8 Å². The maximum Gasteiger partial charge on any atom is 0.317 e. The number of carboxylic acids is 1. The van der Waals surface area contributed by atoms with Gasteiger partial charge in [0.15, 0.2) is 0 Å². The summed E-state index contributed by atoms with van der Waals surface area (Å²) in [5, 5.41) is 14.0. The number of hydrogen-bond donors (Lipinski definition) is 3. The van der Waals surface area contributed by atoms with E-state index in [2.05, 4.69) is 10.6 Å². The molecule has 1 aliphatic carbocycles. The number of hydrogen-bond acceptors (Lipinski definition) is 3. The van der Waals surface area contributed by atoms with Crippen LogP contribution in [0.5, 0.6) is 0 Å². The van der Waals surface area contributed by atoms with Crippen molar-refractivity contribution in [3.8, 4) is 0 Å². The highest BCUT2D eigenvalue weighted by Crippen LogP contribution is 2.18. The summed E-state index contributed by atoms with van der Waals surface area (Å²) in [5.41, 5.74) is 0. The SMILES string of the molecule is CCN(CCC(=O)O)C(=O)NCCC(=O)NC1CC1. The van der Waals surface area contributed by atoms with E-state index in [0.29, 0.717) is 12.6 Å². The normalized spacial score (nSPS) is 13.7. The molecule has 7 nitrogen and oxygen atoms in total. The molecule has 1 saturated carbocycles. The van der Waals surface area contributed by atoms with Crippen molar-refractivity contribution in [2.75, 3.05) is 19.6 Å². The quantitative estimate of drug-likeness (QED) is 0.585. The van der Waals surface area contributed by atoms with E-state index in [4.69, 9.17) is 5.11 Å². The van der Waals surface area contributed by atoms with Crippen molar-refractivity contribution < 1.29 is 19.5 Å². The Morgan fingerprint density at radius 1 is 1.26 bits per heavy atom. The Balaban J connectivity index is 2.16. The number of carboxylic acid groups (broad SMARTS) is 1. The predicted molar refractivity (Wildman–Crippen MR) is 68.7 cm³/mol. The number of urea groups is 1. The summed E-state index contributed by atoms with van der Waals surface area (Å²) in [6.45, 7) is 2.65. The average Bonchev–Trinajstić information content (AvgIpc) is 3.13. The third-order valence-corrected chi connectivity index (χ3v) is 2.84. The van der Waals surface area contributed by atoms with Crippen LogP contribution in [-0.4, -0.2) is 53.6 Å². The first-order valence-corrected chi connectivity index (χ1v) is 6.56. The molecule has 0 heterocycles. The zero-order chi connectivity index (χ0) is 14.3. The predicted octanol–water partition coefficient (Wildman–Crippen LogP) is 0.161. The van der Waals surface area contributed by atoms with Gasteiger partial charge in [0.1, 0.15) is 0 Å². The van der Waals surface area contributed by atoms with E-state index >= 15 is 0 Å². The molecule has 0 aromatic rings. The molecule has 3 N–H and O–H groups in total. The van der Waals surface area contributed by atoms with Crippen molar-refractivity contribution >= 4 is 17.9 Å². The average molecular weight is 271 g/mol. The molecule has 0 radical (unpaired) electrons. The van der Waals surface area contributed by atoms with Gasteiger partial charge in [-0.2, -0.15) is 0 Å². The number of aliphatic carboxylic acids is 1. The highest BCUT2D eigenvalue weighted by atomic mass is 16.4. The van der Waals surface area contributed by atoms with E-state index < -0.39 is 5.97 Å². The van der Waals surface area contributed by atoms with Crippen LogP contribution in [0, 0.1) is 0 Å². The Bertz CT molecular complexity index is 342. The van der Waals surface area contributed by atoms with Gasteiger partial charge < -0.3 is 20.6 Å². The molecule has 0 aliphatic heterocycles. The van der Waals surface area contributed by atoms with E-state index in [1.54, 1.807) is 6.92 Å². The van der Waals surface area contributed by atoms with Crippen molar-refractivity contribution in [1.82, 2.24) is 15.5 Å². The Morgan fingerprint density at radius 3 is 2.47 bits per heavy atom. The highest BCUT2D eigenvalue weighted by Gasteiger charge is 2.23. The zero-order valence-electron chi connectivity index (χ0n) is 11.1. The van der Waals surface area contributed by atoms with Crippen molar-refractivity contribution in [3.63, 3.8) is 0 Å². The standard InChI is InChI=1S/C12H21N3O4/c1-2-15(8-6-11(17)18)12(19)13-7-5-10(16)14-9-3-4-9/h9H,2-8H2,1H3,(H,13,19)(H,14,16)(H,17,18). The largest absolute Gasteiger partial charge is 0.481 e. The summed E-state index contributed by atoms with van der Waals surface area (Å²) in [7, 11) is 0. The fourth-order valence-electron chi connectivity index (χ4n) is 1.56. The van der Waals surface area contributed by atoms with Crippen LogP contribution in [0.4, 0.5) is 4.79 Å².